The molecule has 0 saturated heterocycles. The number of carbonyl (C=O) groups excluding carboxylic acids is 1. The standard InChI is InChI=1S/C26H26F6N2O2/c1-16-20(18-10-12-19(13-11-18)25(27,28)29)21(23(36)33(4)24(2,3)15-35)34(22(16)26(30,31)32)14-17-8-6-5-7-9-17/h5-13,35H,14-15H2,1-4H3. The van der Waals surface area contributed by atoms with Crippen molar-refractivity contribution in [2.24, 2.45) is 0 Å². The highest BCUT2D eigenvalue weighted by molar-refractivity contribution is 6.01. The van der Waals surface area contributed by atoms with Crippen LogP contribution in [0.15, 0.2) is 54.6 Å². The number of hydrogen-bond donors (Lipinski definition) is 1. The average Bonchev–Trinajstić information content (AvgIpc) is 3.10. The van der Waals surface area contributed by atoms with Gasteiger partial charge in [-0.3, -0.25) is 4.79 Å². The van der Waals surface area contributed by atoms with Gasteiger partial charge in [-0.15, -0.1) is 0 Å². The van der Waals surface area contributed by atoms with E-state index in [1.54, 1.807) is 44.2 Å². The van der Waals surface area contributed by atoms with Crippen LogP contribution in [0.3, 0.4) is 0 Å². The Morgan fingerprint density at radius 3 is 1.94 bits per heavy atom. The van der Waals surface area contributed by atoms with Crippen molar-refractivity contribution in [3.05, 3.63) is 82.7 Å². The molecule has 1 N–H and O–H groups in total. The van der Waals surface area contributed by atoms with Gasteiger partial charge < -0.3 is 14.6 Å². The lowest BCUT2D eigenvalue weighted by atomic mass is 9.97. The predicted molar refractivity (Wildman–Crippen MR) is 123 cm³/mol. The van der Waals surface area contributed by atoms with Crippen LogP contribution >= 0.6 is 0 Å². The van der Waals surface area contributed by atoms with Crippen LogP contribution in [0, 0.1) is 6.92 Å². The van der Waals surface area contributed by atoms with E-state index in [9.17, 15) is 36.2 Å². The van der Waals surface area contributed by atoms with Crippen molar-refractivity contribution in [2.75, 3.05) is 13.7 Å². The number of aliphatic hydroxyl groups excluding tert-OH is 1. The third-order valence-corrected chi connectivity index (χ3v) is 6.26. The molecule has 0 aliphatic carbocycles. The molecule has 0 radical (unpaired) electrons. The van der Waals surface area contributed by atoms with Crippen molar-refractivity contribution in [3.8, 4) is 11.1 Å². The summed E-state index contributed by atoms with van der Waals surface area (Å²) in [6, 6.07) is 11.9. The van der Waals surface area contributed by atoms with Crippen LogP contribution in [0.4, 0.5) is 26.3 Å². The van der Waals surface area contributed by atoms with E-state index >= 15 is 0 Å². The van der Waals surface area contributed by atoms with Gasteiger partial charge >= 0.3 is 12.4 Å². The van der Waals surface area contributed by atoms with E-state index in [-0.39, 0.29) is 28.9 Å². The Morgan fingerprint density at radius 2 is 1.47 bits per heavy atom. The van der Waals surface area contributed by atoms with E-state index in [1.165, 1.54) is 14.0 Å². The minimum Gasteiger partial charge on any atom is -0.394 e. The SMILES string of the molecule is Cc1c(-c2ccc(C(F)(F)F)cc2)c(C(=O)N(C)C(C)(C)CO)n(Cc2ccccc2)c1C(F)(F)F. The Morgan fingerprint density at radius 1 is 0.917 bits per heavy atom. The van der Waals surface area contributed by atoms with E-state index in [0.717, 1.165) is 33.7 Å². The predicted octanol–water partition coefficient (Wildman–Crippen LogP) is 6.39. The highest BCUT2D eigenvalue weighted by atomic mass is 19.4. The number of alkyl halides is 6. The molecule has 0 atom stereocenters. The van der Waals surface area contributed by atoms with E-state index in [1.807, 2.05) is 0 Å². The fourth-order valence-corrected chi connectivity index (χ4v) is 3.98. The molecule has 0 bridgehead atoms. The second-order valence-electron chi connectivity index (χ2n) is 9.18. The molecule has 10 heteroatoms. The van der Waals surface area contributed by atoms with E-state index in [2.05, 4.69) is 0 Å². The van der Waals surface area contributed by atoms with Crippen molar-refractivity contribution in [1.29, 1.82) is 0 Å². The Labute approximate surface area is 204 Å². The molecule has 1 aromatic heterocycles. The molecule has 194 valence electrons. The maximum Gasteiger partial charge on any atom is 0.431 e. The highest BCUT2D eigenvalue weighted by Gasteiger charge is 2.42. The number of amides is 1. The number of halogens is 6. The monoisotopic (exact) mass is 512 g/mol. The van der Waals surface area contributed by atoms with E-state index in [4.69, 9.17) is 0 Å². The van der Waals surface area contributed by atoms with Crippen LogP contribution in [0.5, 0.6) is 0 Å². The Kier molecular flexibility index (Phi) is 7.32. The lowest BCUT2D eigenvalue weighted by Gasteiger charge is -2.34. The number of hydrogen-bond acceptors (Lipinski definition) is 2. The molecule has 3 rings (SSSR count). The summed E-state index contributed by atoms with van der Waals surface area (Å²) in [6.45, 7) is 3.53. The summed E-state index contributed by atoms with van der Waals surface area (Å²) in [4.78, 5) is 14.9. The number of aliphatic hydroxyl groups is 1. The summed E-state index contributed by atoms with van der Waals surface area (Å²) in [5, 5.41) is 9.76. The molecule has 0 spiro atoms. The fourth-order valence-electron chi connectivity index (χ4n) is 3.98. The maximum atomic E-state index is 14.4. The van der Waals surface area contributed by atoms with Gasteiger partial charge in [0.2, 0.25) is 0 Å². The third kappa shape index (κ3) is 5.28. The van der Waals surface area contributed by atoms with Crippen LogP contribution in [-0.2, 0) is 18.9 Å². The van der Waals surface area contributed by atoms with E-state index in [0.29, 0.717) is 5.56 Å². The zero-order valence-corrected chi connectivity index (χ0v) is 20.1. The first-order chi connectivity index (χ1) is 16.6. The number of rotatable bonds is 6. The Hall–Kier alpha value is -3.27. The molecule has 2 aromatic carbocycles. The van der Waals surface area contributed by atoms with E-state index < -0.39 is 41.7 Å². The van der Waals surface area contributed by atoms with Crippen molar-refractivity contribution in [2.45, 2.75) is 45.2 Å². The molecule has 0 aliphatic rings. The van der Waals surface area contributed by atoms with Gasteiger partial charge in [0.1, 0.15) is 11.4 Å². The smallest absolute Gasteiger partial charge is 0.394 e. The van der Waals surface area contributed by atoms with Crippen molar-refractivity contribution in [1.82, 2.24) is 9.47 Å². The lowest BCUT2D eigenvalue weighted by molar-refractivity contribution is -0.143. The van der Waals surface area contributed by atoms with Gasteiger partial charge in [0.25, 0.3) is 5.91 Å². The van der Waals surface area contributed by atoms with Gasteiger partial charge in [-0.2, -0.15) is 26.3 Å². The molecular weight excluding hydrogens is 486 g/mol. The quantitative estimate of drug-likeness (QED) is 0.389. The molecule has 3 aromatic rings. The zero-order valence-electron chi connectivity index (χ0n) is 20.1. The molecule has 0 fully saturated rings. The molecule has 1 heterocycles. The third-order valence-electron chi connectivity index (χ3n) is 6.26. The maximum absolute atomic E-state index is 14.4. The lowest BCUT2D eigenvalue weighted by Crippen LogP contribution is -2.48. The van der Waals surface area contributed by atoms with Crippen molar-refractivity contribution in [3.63, 3.8) is 0 Å². The second-order valence-corrected chi connectivity index (χ2v) is 9.18. The van der Waals surface area contributed by atoms with Gasteiger partial charge in [-0.25, -0.2) is 0 Å². The fraction of sp³-hybridized carbons (Fsp3) is 0.346. The first-order valence-corrected chi connectivity index (χ1v) is 11.0. The molecule has 0 unspecified atom stereocenters. The van der Waals surface area contributed by atoms with Gasteiger partial charge in [-0.1, -0.05) is 42.5 Å². The van der Waals surface area contributed by atoms with Crippen molar-refractivity contribution >= 4 is 5.91 Å². The normalized spacial score (nSPS) is 12.6. The van der Waals surface area contributed by atoms with Gasteiger partial charge in [0.15, 0.2) is 0 Å². The van der Waals surface area contributed by atoms with Gasteiger partial charge in [0.05, 0.1) is 17.7 Å². The largest absolute Gasteiger partial charge is 0.431 e. The summed E-state index contributed by atoms with van der Waals surface area (Å²) in [7, 11) is 1.36. The molecule has 0 aliphatic heterocycles. The number of carbonyl (C=O) groups is 1. The van der Waals surface area contributed by atoms with Crippen LogP contribution in [0.25, 0.3) is 11.1 Å². The summed E-state index contributed by atoms with van der Waals surface area (Å²) in [5.74, 6) is -0.807. The van der Waals surface area contributed by atoms with Crippen LogP contribution < -0.4 is 0 Å². The first-order valence-electron chi connectivity index (χ1n) is 11.0. The number of aromatic nitrogens is 1. The second kappa shape index (κ2) is 9.65. The number of likely N-dealkylation sites (N-methyl/N-ethyl adjacent to an activating group) is 1. The topological polar surface area (TPSA) is 45.5 Å². The van der Waals surface area contributed by atoms with Crippen molar-refractivity contribution < 1.29 is 36.2 Å². The number of benzene rings is 2. The molecule has 0 saturated carbocycles. The summed E-state index contributed by atoms with van der Waals surface area (Å²) in [5.41, 5.74) is -3.34. The Bertz CT molecular complexity index is 1230. The Balaban J connectivity index is 2.36. The average molecular weight is 512 g/mol. The summed E-state index contributed by atoms with van der Waals surface area (Å²) < 4.78 is 83.3. The molecule has 1 amide bonds. The first kappa shape index (κ1) is 27.3. The van der Waals surface area contributed by atoms with Crippen LogP contribution in [0.2, 0.25) is 0 Å². The molecule has 36 heavy (non-hydrogen) atoms. The zero-order chi connectivity index (χ0) is 27.1. The highest BCUT2D eigenvalue weighted by Crippen LogP contribution is 2.42. The minimum absolute atomic E-state index is 0.0383. The summed E-state index contributed by atoms with van der Waals surface area (Å²) >= 11 is 0. The molecule has 4 nitrogen and oxygen atoms in total. The summed E-state index contributed by atoms with van der Waals surface area (Å²) in [6.07, 6.45) is -9.49. The van der Waals surface area contributed by atoms with Crippen LogP contribution in [-0.4, -0.2) is 39.7 Å². The number of nitrogens with zero attached hydrogens (tertiary/aromatic N) is 2. The minimum atomic E-state index is -4.86. The van der Waals surface area contributed by atoms with Crippen LogP contribution in [0.1, 0.15) is 46.7 Å². The van der Waals surface area contributed by atoms with Gasteiger partial charge in [-0.05, 0) is 49.6 Å². The van der Waals surface area contributed by atoms with Gasteiger partial charge in [0, 0.05) is 19.2 Å². The molecular formula is C26H26F6N2O2.